The van der Waals surface area contributed by atoms with Gasteiger partial charge in [-0.15, -0.1) is 11.8 Å². The first kappa shape index (κ1) is 17.4. The summed E-state index contributed by atoms with van der Waals surface area (Å²) in [7, 11) is 0. The van der Waals surface area contributed by atoms with Crippen LogP contribution in [-0.2, 0) is 11.3 Å². The van der Waals surface area contributed by atoms with Crippen LogP contribution < -0.4 is 5.56 Å². The normalized spacial score (nSPS) is 10.9. The number of hydrogen-bond acceptors (Lipinski definition) is 4. The van der Waals surface area contributed by atoms with E-state index in [0.717, 1.165) is 12.2 Å². The van der Waals surface area contributed by atoms with Gasteiger partial charge < -0.3 is 4.74 Å². The molecule has 0 spiro atoms. The van der Waals surface area contributed by atoms with Crippen LogP contribution in [0, 0.1) is 0 Å². The summed E-state index contributed by atoms with van der Waals surface area (Å²) in [4.78, 5) is 26.2. The van der Waals surface area contributed by atoms with E-state index in [4.69, 9.17) is 4.74 Å². The second kappa shape index (κ2) is 8.07. The summed E-state index contributed by atoms with van der Waals surface area (Å²) >= 11 is 1.74. The Morgan fingerprint density at radius 2 is 1.80 bits per heavy atom. The summed E-state index contributed by atoms with van der Waals surface area (Å²) in [5.74, 6) is 0.862. The molecule has 0 amide bonds. The highest BCUT2D eigenvalue weighted by Gasteiger charge is 2.18. The molecule has 0 aliphatic rings. The molecular formula is C19H20N2O3S. The molecule has 5 nitrogen and oxygen atoms in total. The monoisotopic (exact) mass is 356 g/mol. The van der Waals surface area contributed by atoms with Gasteiger partial charge >= 0.3 is 6.09 Å². The van der Waals surface area contributed by atoms with E-state index in [9.17, 15) is 9.59 Å². The Morgan fingerprint density at radius 1 is 1.08 bits per heavy atom. The van der Waals surface area contributed by atoms with Gasteiger partial charge in [0.25, 0.3) is 5.56 Å². The minimum absolute atomic E-state index is 0.159. The zero-order chi connectivity index (χ0) is 17.6. The van der Waals surface area contributed by atoms with Gasteiger partial charge in [-0.1, -0.05) is 30.3 Å². The van der Waals surface area contributed by atoms with Crippen LogP contribution >= 0.6 is 11.8 Å². The smallest absolute Gasteiger partial charge is 0.433 e. The number of carbonyl (C=O) groups is 1. The Morgan fingerprint density at radius 3 is 2.56 bits per heavy atom. The van der Waals surface area contributed by atoms with E-state index < -0.39 is 6.09 Å². The molecule has 0 saturated carbocycles. The molecule has 25 heavy (non-hydrogen) atoms. The molecule has 0 saturated heterocycles. The topological polar surface area (TPSA) is 53.2 Å². The quantitative estimate of drug-likeness (QED) is 0.495. The third-order valence-corrected chi connectivity index (χ3v) is 4.90. The fraction of sp³-hybridized carbons (Fsp3) is 0.263. The number of benzene rings is 2. The third kappa shape index (κ3) is 3.79. The fourth-order valence-corrected chi connectivity index (χ4v) is 3.56. The van der Waals surface area contributed by atoms with Crippen LogP contribution in [0.25, 0.3) is 10.9 Å². The third-order valence-electron chi connectivity index (χ3n) is 3.81. The van der Waals surface area contributed by atoms with Crippen molar-refractivity contribution in [2.24, 2.45) is 0 Å². The average Bonchev–Trinajstić information content (AvgIpc) is 2.92. The lowest BCUT2D eigenvalue weighted by molar-refractivity contribution is 0.146. The summed E-state index contributed by atoms with van der Waals surface area (Å²) in [5.41, 5.74) is 0.426. The zero-order valence-corrected chi connectivity index (χ0v) is 14.9. The first-order chi connectivity index (χ1) is 12.2. The molecule has 3 rings (SSSR count). The Balaban J connectivity index is 1.80. The van der Waals surface area contributed by atoms with Gasteiger partial charge in [0.15, 0.2) is 0 Å². The molecule has 0 aliphatic carbocycles. The van der Waals surface area contributed by atoms with Crippen molar-refractivity contribution >= 4 is 28.8 Å². The second-order valence-corrected chi connectivity index (χ2v) is 6.64. The van der Waals surface area contributed by atoms with Crippen molar-refractivity contribution in [3.63, 3.8) is 0 Å². The maximum atomic E-state index is 12.6. The molecule has 0 N–H and O–H groups in total. The maximum absolute atomic E-state index is 12.6. The summed E-state index contributed by atoms with van der Waals surface area (Å²) in [6.45, 7) is 2.48. The van der Waals surface area contributed by atoms with Gasteiger partial charge in [-0.3, -0.25) is 4.79 Å². The number of ether oxygens (including phenoxy) is 1. The molecule has 0 bridgehead atoms. The van der Waals surface area contributed by atoms with Crippen molar-refractivity contribution < 1.29 is 9.53 Å². The minimum Gasteiger partial charge on any atom is -0.448 e. The van der Waals surface area contributed by atoms with E-state index in [1.807, 2.05) is 24.3 Å². The van der Waals surface area contributed by atoms with Crippen LogP contribution in [0.15, 0.2) is 64.3 Å². The van der Waals surface area contributed by atoms with Crippen LogP contribution in [0.5, 0.6) is 0 Å². The van der Waals surface area contributed by atoms with Crippen molar-refractivity contribution in [2.45, 2.75) is 24.8 Å². The number of thioether (sulfide) groups is 1. The van der Waals surface area contributed by atoms with Crippen LogP contribution in [0.4, 0.5) is 4.79 Å². The molecule has 1 aromatic heterocycles. The summed E-state index contributed by atoms with van der Waals surface area (Å²) < 4.78 is 7.96. The molecule has 0 aliphatic heterocycles. The predicted octanol–water partition coefficient (Wildman–Crippen LogP) is 3.99. The highest BCUT2D eigenvalue weighted by atomic mass is 32.2. The lowest BCUT2D eigenvalue weighted by Crippen LogP contribution is -2.28. The maximum Gasteiger partial charge on any atom is 0.433 e. The van der Waals surface area contributed by atoms with E-state index in [1.165, 1.54) is 14.3 Å². The highest BCUT2D eigenvalue weighted by molar-refractivity contribution is 7.99. The Bertz CT molecular complexity index is 915. The van der Waals surface area contributed by atoms with Crippen LogP contribution in [0.2, 0.25) is 0 Å². The van der Waals surface area contributed by atoms with Gasteiger partial charge in [0.2, 0.25) is 0 Å². The van der Waals surface area contributed by atoms with Gasteiger partial charge in [0.05, 0.1) is 17.5 Å². The molecule has 0 radical (unpaired) electrons. The molecule has 1 heterocycles. The number of fused-ring (bicyclic) bond motifs is 1. The lowest BCUT2D eigenvalue weighted by atomic mass is 10.2. The van der Waals surface area contributed by atoms with Gasteiger partial charge in [-0.05, 0) is 43.4 Å². The van der Waals surface area contributed by atoms with Gasteiger partial charge in [-0.25, -0.2) is 9.48 Å². The number of nitrogens with zero attached hydrogens (tertiary/aromatic N) is 2. The zero-order valence-electron chi connectivity index (χ0n) is 14.1. The largest absolute Gasteiger partial charge is 0.448 e. The number of para-hydroxylation sites is 1. The van der Waals surface area contributed by atoms with E-state index in [0.29, 0.717) is 17.4 Å². The van der Waals surface area contributed by atoms with Crippen molar-refractivity contribution in [3.8, 4) is 0 Å². The molecule has 6 heteroatoms. The first-order valence-electron chi connectivity index (χ1n) is 8.28. The van der Waals surface area contributed by atoms with Crippen molar-refractivity contribution in [2.75, 3.05) is 12.4 Å². The van der Waals surface area contributed by atoms with E-state index in [2.05, 4.69) is 12.1 Å². The SMILES string of the molecule is CCOC(=O)n1c2ccccc2c(=O)n1CCCSc1ccccc1. The van der Waals surface area contributed by atoms with E-state index in [-0.39, 0.29) is 12.2 Å². The number of aromatic nitrogens is 2. The summed E-state index contributed by atoms with van der Waals surface area (Å²) in [6.07, 6.45) is 0.256. The number of carbonyl (C=O) groups excluding carboxylic acids is 1. The number of rotatable bonds is 6. The Labute approximate surface area is 150 Å². The molecule has 3 aromatic rings. The fourth-order valence-electron chi connectivity index (χ4n) is 2.70. The number of hydrogen-bond donors (Lipinski definition) is 0. The van der Waals surface area contributed by atoms with Crippen LogP contribution in [0.1, 0.15) is 13.3 Å². The van der Waals surface area contributed by atoms with E-state index in [1.54, 1.807) is 36.9 Å². The average molecular weight is 356 g/mol. The molecule has 0 atom stereocenters. The Hall–Kier alpha value is -2.47. The lowest BCUT2D eigenvalue weighted by Gasteiger charge is -2.11. The first-order valence-corrected chi connectivity index (χ1v) is 9.26. The van der Waals surface area contributed by atoms with Crippen molar-refractivity contribution in [1.29, 1.82) is 0 Å². The van der Waals surface area contributed by atoms with Crippen molar-refractivity contribution in [1.82, 2.24) is 9.36 Å². The standard InChI is InChI=1S/C19H20N2O3S/c1-2-24-19(23)21-17-12-7-6-11-16(17)18(22)20(21)13-8-14-25-15-9-4-3-5-10-15/h3-7,9-12H,2,8,13-14H2,1H3. The van der Waals surface area contributed by atoms with Gasteiger partial charge in [0, 0.05) is 11.4 Å². The highest BCUT2D eigenvalue weighted by Crippen LogP contribution is 2.18. The molecule has 0 fully saturated rings. The van der Waals surface area contributed by atoms with Crippen molar-refractivity contribution in [3.05, 3.63) is 65.0 Å². The Kier molecular flexibility index (Phi) is 5.60. The molecular weight excluding hydrogens is 336 g/mol. The molecule has 2 aromatic carbocycles. The van der Waals surface area contributed by atoms with Crippen LogP contribution in [0.3, 0.4) is 0 Å². The summed E-state index contributed by atoms with van der Waals surface area (Å²) in [6, 6.07) is 17.2. The van der Waals surface area contributed by atoms with E-state index >= 15 is 0 Å². The summed E-state index contributed by atoms with van der Waals surface area (Å²) in [5, 5.41) is 0.534. The van der Waals surface area contributed by atoms with Crippen LogP contribution in [-0.4, -0.2) is 27.8 Å². The second-order valence-electron chi connectivity index (χ2n) is 5.47. The predicted molar refractivity (Wildman–Crippen MR) is 100 cm³/mol. The van der Waals surface area contributed by atoms with Gasteiger partial charge in [0.1, 0.15) is 0 Å². The molecule has 130 valence electrons. The minimum atomic E-state index is -0.517. The van der Waals surface area contributed by atoms with Gasteiger partial charge in [-0.2, -0.15) is 4.68 Å². The molecule has 0 unspecified atom stereocenters.